The van der Waals surface area contributed by atoms with E-state index in [1.807, 2.05) is 11.0 Å². The number of pyridine rings is 1. The normalized spacial score (nSPS) is 30.3. The van der Waals surface area contributed by atoms with Gasteiger partial charge in [-0.25, -0.2) is 0 Å². The third-order valence-electron chi connectivity index (χ3n) is 5.89. The Kier molecular flexibility index (Phi) is 3.61. The van der Waals surface area contributed by atoms with Crippen molar-refractivity contribution in [1.82, 2.24) is 14.8 Å². The molecule has 1 aliphatic carbocycles. The molecule has 2 aromatic heterocycles. The fourth-order valence-electron chi connectivity index (χ4n) is 4.51. The highest BCUT2D eigenvalue weighted by Crippen LogP contribution is 2.47. The monoisotopic (exact) mass is 351 g/mol. The van der Waals surface area contributed by atoms with E-state index in [1.54, 1.807) is 18.7 Å². The van der Waals surface area contributed by atoms with Crippen molar-refractivity contribution in [2.24, 2.45) is 5.92 Å². The van der Waals surface area contributed by atoms with Gasteiger partial charge in [0.15, 0.2) is 5.58 Å². The molecule has 7 nitrogen and oxygen atoms in total. The number of nitrogens with zero attached hydrogens (tertiary/aromatic N) is 4. The lowest BCUT2D eigenvalue weighted by molar-refractivity contribution is -0.133. The molecular weight excluding hydrogens is 330 g/mol. The zero-order valence-corrected chi connectivity index (χ0v) is 14.5. The number of nitrogens with one attached hydrogen (secondary N) is 1. The Balaban J connectivity index is 1.20. The zero-order valence-electron chi connectivity index (χ0n) is 14.5. The number of aromatic nitrogens is 1. The second kappa shape index (κ2) is 5.99. The molecule has 7 heteroatoms. The Labute approximate surface area is 151 Å². The van der Waals surface area contributed by atoms with E-state index < -0.39 is 0 Å². The smallest absolute Gasteiger partial charge is 0.238 e. The average molecular weight is 351 g/mol. The Morgan fingerprint density at radius 1 is 1.42 bits per heavy atom. The van der Waals surface area contributed by atoms with E-state index >= 15 is 0 Å². The standard InChI is InChI=1S/C19H21N5O2/c20-7-15-5-13-6-17(13)24(15)18(25)11-23-3-1-14(10-23)22-16-9-21-8-12-2-4-26-19(12)16/h2,4,8-9,13-15,17,22H,1,3,5-6,10-11H2/t13?,14-,15?,17-/m0/s1. The van der Waals surface area contributed by atoms with Gasteiger partial charge in [-0.05, 0) is 31.2 Å². The molecule has 1 amide bonds. The van der Waals surface area contributed by atoms with Crippen LogP contribution in [-0.2, 0) is 4.79 Å². The topological polar surface area (TPSA) is 85.4 Å². The average Bonchev–Trinajstić information content (AvgIpc) is 3.04. The number of anilines is 1. The lowest BCUT2D eigenvalue weighted by Crippen LogP contribution is -2.44. The maximum Gasteiger partial charge on any atom is 0.238 e. The van der Waals surface area contributed by atoms with Crippen molar-refractivity contribution >= 4 is 22.6 Å². The number of carbonyl (C=O) groups is 1. The first-order valence-corrected chi connectivity index (χ1v) is 9.24. The predicted molar refractivity (Wildman–Crippen MR) is 95.2 cm³/mol. The molecule has 1 saturated carbocycles. The van der Waals surface area contributed by atoms with Crippen molar-refractivity contribution in [3.8, 4) is 6.07 Å². The number of piperidine rings is 1. The van der Waals surface area contributed by atoms with Gasteiger partial charge in [0.05, 0.1) is 30.8 Å². The third kappa shape index (κ3) is 2.61. The number of rotatable bonds is 4. The lowest BCUT2D eigenvalue weighted by atomic mass is 10.2. The number of amides is 1. The quantitative estimate of drug-likeness (QED) is 0.904. The van der Waals surface area contributed by atoms with Crippen LogP contribution in [0, 0.1) is 17.2 Å². The minimum absolute atomic E-state index is 0.108. The highest BCUT2D eigenvalue weighted by molar-refractivity contribution is 5.87. The molecule has 2 aliphatic heterocycles. The number of likely N-dealkylation sites (tertiary alicyclic amines) is 2. The first-order chi connectivity index (χ1) is 12.7. The molecule has 2 unspecified atom stereocenters. The summed E-state index contributed by atoms with van der Waals surface area (Å²) in [6.45, 7) is 2.09. The van der Waals surface area contributed by atoms with Gasteiger partial charge in [-0.15, -0.1) is 0 Å². The molecule has 134 valence electrons. The van der Waals surface area contributed by atoms with Crippen LogP contribution < -0.4 is 5.32 Å². The molecule has 4 atom stereocenters. The fraction of sp³-hybridized carbons (Fsp3) is 0.526. The summed E-state index contributed by atoms with van der Waals surface area (Å²) in [5, 5.41) is 13.8. The van der Waals surface area contributed by atoms with Gasteiger partial charge in [-0.2, -0.15) is 5.26 Å². The predicted octanol–water partition coefficient (Wildman–Crippen LogP) is 1.83. The molecule has 0 spiro atoms. The van der Waals surface area contributed by atoms with Crippen LogP contribution in [0.25, 0.3) is 11.0 Å². The molecule has 4 heterocycles. The van der Waals surface area contributed by atoms with Gasteiger partial charge < -0.3 is 14.6 Å². The van der Waals surface area contributed by atoms with E-state index in [0.29, 0.717) is 18.5 Å². The summed E-state index contributed by atoms with van der Waals surface area (Å²) in [5.74, 6) is 0.676. The van der Waals surface area contributed by atoms with Crippen LogP contribution in [0.2, 0.25) is 0 Å². The van der Waals surface area contributed by atoms with E-state index in [0.717, 1.165) is 49.0 Å². The van der Waals surface area contributed by atoms with E-state index in [-0.39, 0.29) is 18.0 Å². The van der Waals surface area contributed by atoms with E-state index in [4.69, 9.17) is 4.42 Å². The first kappa shape index (κ1) is 15.6. The Morgan fingerprint density at radius 3 is 3.23 bits per heavy atom. The van der Waals surface area contributed by atoms with Gasteiger partial charge in [-0.3, -0.25) is 14.7 Å². The van der Waals surface area contributed by atoms with Crippen molar-refractivity contribution in [2.75, 3.05) is 25.0 Å². The number of furan rings is 1. The molecule has 5 rings (SSSR count). The van der Waals surface area contributed by atoms with Gasteiger partial charge in [0.1, 0.15) is 6.04 Å². The third-order valence-corrected chi connectivity index (χ3v) is 5.89. The van der Waals surface area contributed by atoms with E-state index in [2.05, 4.69) is 21.3 Å². The summed E-state index contributed by atoms with van der Waals surface area (Å²) >= 11 is 0. The first-order valence-electron chi connectivity index (χ1n) is 9.24. The summed E-state index contributed by atoms with van der Waals surface area (Å²) in [6.07, 6.45) is 8.15. The molecule has 3 aliphatic rings. The Hall–Kier alpha value is -2.59. The molecule has 26 heavy (non-hydrogen) atoms. The summed E-state index contributed by atoms with van der Waals surface area (Å²) in [6, 6.07) is 4.57. The van der Waals surface area contributed by atoms with Gasteiger partial charge >= 0.3 is 0 Å². The fourth-order valence-corrected chi connectivity index (χ4v) is 4.51. The van der Waals surface area contributed by atoms with Crippen LogP contribution in [0.1, 0.15) is 19.3 Å². The van der Waals surface area contributed by atoms with Crippen LogP contribution in [0.15, 0.2) is 29.1 Å². The SMILES string of the molecule is N#CC1CC2C[C@@H]2N1C(=O)CN1CC[C@H](Nc2cncc3ccoc23)C1. The maximum atomic E-state index is 12.7. The van der Waals surface area contributed by atoms with E-state index in [9.17, 15) is 10.1 Å². The van der Waals surface area contributed by atoms with Crippen LogP contribution in [0.5, 0.6) is 0 Å². The number of fused-ring (bicyclic) bond motifs is 2. The lowest BCUT2D eigenvalue weighted by Gasteiger charge is -2.25. The number of carbonyl (C=O) groups excluding carboxylic acids is 1. The maximum absolute atomic E-state index is 12.7. The summed E-state index contributed by atoms with van der Waals surface area (Å²) < 4.78 is 5.55. The minimum Gasteiger partial charge on any atom is -0.462 e. The van der Waals surface area contributed by atoms with Crippen molar-refractivity contribution in [2.45, 2.75) is 37.4 Å². The molecule has 1 N–H and O–H groups in total. The van der Waals surface area contributed by atoms with Crippen molar-refractivity contribution in [3.63, 3.8) is 0 Å². The highest BCUT2D eigenvalue weighted by atomic mass is 16.3. The molecule has 0 aromatic carbocycles. The van der Waals surface area contributed by atoms with Crippen LogP contribution in [0.4, 0.5) is 5.69 Å². The van der Waals surface area contributed by atoms with Crippen LogP contribution in [-0.4, -0.2) is 58.5 Å². The molecule has 2 saturated heterocycles. The molecule has 0 bridgehead atoms. The zero-order chi connectivity index (χ0) is 17.7. The van der Waals surface area contributed by atoms with Gasteiger partial charge in [0.25, 0.3) is 0 Å². The van der Waals surface area contributed by atoms with Gasteiger partial charge in [-0.1, -0.05) is 0 Å². The largest absolute Gasteiger partial charge is 0.462 e. The van der Waals surface area contributed by atoms with E-state index in [1.165, 1.54) is 0 Å². The Morgan fingerprint density at radius 2 is 2.35 bits per heavy atom. The second-order valence-electron chi connectivity index (χ2n) is 7.64. The number of nitriles is 1. The second-order valence-corrected chi connectivity index (χ2v) is 7.64. The van der Waals surface area contributed by atoms with Crippen LogP contribution in [0.3, 0.4) is 0 Å². The Bertz CT molecular complexity index is 887. The molecule has 3 fully saturated rings. The summed E-state index contributed by atoms with van der Waals surface area (Å²) in [4.78, 5) is 21.0. The molecule has 0 radical (unpaired) electrons. The summed E-state index contributed by atoms with van der Waals surface area (Å²) in [7, 11) is 0. The van der Waals surface area contributed by atoms with Crippen molar-refractivity contribution in [3.05, 3.63) is 24.7 Å². The van der Waals surface area contributed by atoms with Gasteiger partial charge in [0, 0.05) is 36.8 Å². The number of hydrogen-bond donors (Lipinski definition) is 1. The van der Waals surface area contributed by atoms with Gasteiger partial charge in [0.2, 0.25) is 5.91 Å². The van der Waals surface area contributed by atoms with Crippen molar-refractivity contribution < 1.29 is 9.21 Å². The molecular formula is C19H21N5O2. The highest BCUT2D eigenvalue weighted by Gasteiger charge is 2.54. The van der Waals surface area contributed by atoms with Crippen LogP contribution >= 0.6 is 0 Å². The minimum atomic E-state index is -0.217. The number of hydrogen-bond acceptors (Lipinski definition) is 6. The molecule has 2 aromatic rings. The summed E-state index contributed by atoms with van der Waals surface area (Å²) in [5.41, 5.74) is 1.72. The van der Waals surface area contributed by atoms with Crippen molar-refractivity contribution in [1.29, 1.82) is 5.26 Å².